The van der Waals surface area contributed by atoms with Gasteiger partial charge in [-0.3, -0.25) is 5.41 Å². The first-order valence-corrected chi connectivity index (χ1v) is 7.14. The van der Waals surface area contributed by atoms with E-state index in [1.165, 1.54) is 0 Å². The Morgan fingerprint density at radius 1 is 1.21 bits per heavy atom. The average Bonchev–Trinajstić information content (AvgIpc) is 2.34. The summed E-state index contributed by atoms with van der Waals surface area (Å²) in [5.41, 5.74) is 7.11. The number of rotatable bonds is 3. The summed E-state index contributed by atoms with van der Waals surface area (Å²) in [6.07, 6.45) is 0. The predicted octanol–water partition coefficient (Wildman–Crippen LogP) is 4.60. The van der Waals surface area contributed by atoms with Crippen LogP contribution in [0, 0.1) is 12.3 Å². The van der Waals surface area contributed by atoms with Gasteiger partial charge < -0.3 is 10.5 Å². The molecule has 0 saturated carbocycles. The first kappa shape index (κ1) is 14.1. The lowest BCUT2D eigenvalue weighted by Crippen LogP contribution is -2.12. The molecule has 2 aromatic rings. The number of aryl methyl sites for hydroxylation is 1. The van der Waals surface area contributed by atoms with Crippen molar-refractivity contribution in [1.29, 1.82) is 5.41 Å². The number of amidine groups is 1. The average molecular weight is 384 g/mol. The zero-order valence-corrected chi connectivity index (χ0v) is 13.4. The van der Waals surface area contributed by atoms with Crippen LogP contribution in [-0.4, -0.2) is 5.84 Å². The lowest BCUT2D eigenvalue weighted by Gasteiger charge is -2.14. The molecule has 0 aromatic heterocycles. The number of benzene rings is 2. The van der Waals surface area contributed by atoms with Gasteiger partial charge in [0, 0.05) is 4.47 Å². The van der Waals surface area contributed by atoms with Crippen LogP contribution >= 0.6 is 31.9 Å². The lowest BCUT2D eigenvalue weighted by atomic mass is 10.1. The second-order valence-corrected chi connectivity index (χ2v) is 5.81. The molecule has 0 saturated heterocycles. The van der Waals surface area contributed by atoms with Gasteiger partial charge in [-0.05, 0) is 52.7 Å². The van der Waals surface area contributed by atoms with Crippen LogP contribution in [0.3, 0.4) is 0 Å². The largest absolute Gasteiger partial charge is 0.455 e. The van der Waals surface area contributed by atoms with E-state index in [-0.39, 0.29) is 5.84 Å². The van der Waals surface area contributed by atoms with Gasteiger partial charge in [0.05, 0.1) is 10.0 Å². The van der Waals surface area contributed by atoms with Crippen LogP contribution in [0.4, 0.5) is 0 Å². The van der Waals surface area contributed by atoms with Crippen LogP contribution < -0.4 is 10.5 Å². The van der Waals surface area contributed by atoms with Gasteiger partial charge >= 0.3 is 0 Å². The third-order valence-corrected chi connectivity index (χ3v) is 3.72. The summed E-state index contributed by atoms with van der Waals surface area (Å²) in [4.78, 5) is 0. The maximum atomic E-state index is 7.61. The summed E-state index contributed by atoms with van der Waals surface area (Å²) in [5.74, 6) is 1.28. The molecule has 0 amide bonds. The molecule has 98 valence electrons. The molecule has 0 radical (unpaired) electrons. The molecule has 0 spiro atoms. The molecule has 2 rings (SSSR count). The molecule has 3 nitrogen and oxygen atoms in total. The van der Waals surface area contributed by atoms with E-state index in [4.69, 9.17) is 15.9 Å². The van der Waals surface area contributed by atoms with Crippen LogP contribution in [-0.2, 0) is 0 Å². The number of hydrogen-bond acceptors (Lipinski definition) is 2. The monoisotopic (exact) mass is 382 g/mol. The van der Waals surface area contributed by atoms with E-state index in [1.54, 1.807) is 6.07 Å². The molecule has 3 N–H and O–H groups in total. The van der Waals surface area contributed by atoms with E-state index in [9.17, 15) is 0 Å². The molecule has 19 heavy (non-hydrogen) atoms. The molecule has 0 unspecified atom stereocenters. The van der Waals surface area contributed by atoms with Crippen molar-refractivity contribution in [3.63, 3.8) is 0 Å². The van der Waals surface area contributed by atoms with Gasteiger partial charge in [0.25, 0.3) is 0 Å². The summed E-state index contributed by atoms with van der Waals surface area (Å²) in [5, 5.41) is 7.61. The van der Waals surface area contributed by atoms with E-state index >= 15 is 0 Å². The van der Waals surface area contributed by atoms with Crippen molar-refractivity contribution in [3.8, 4) is 11.5 Å². The van der Waals surface area contributed by atoms with Gasteiger partial charge in [-0.15, -0.1) is 0 Å². The number of nitrogens with one attached hydrogen (secondary N) is 1. The predicted molar refractivity (Wildman–Crippen MR) is 84.1 cm³/mol. The Morgan fingerprint density at radius 2 is 1.95 bits per heavy atom. The maximum absolute atomic E-state index is 7.61. The number of ether oxygens (including phenoxy) is 1. The van der Waals surface area contributed by atoms with Crippen LogP contribution in [0.5, 0.6) is 11.5 Å². The first-order chi connectivity index (χ1) is 8.99. The zero-order valence-electron chi connectivity index (χ0n) is 10.2. The number of halogens is 2. The smallest absolute Gasteiger partial charge is 0.141 e. The van der Waals surface area contributed by atoms with E-state index < -0.39 is 0 Å². The van der Waals surface area contributed by atoms with Gasteiger partial charge in [-0.1, -0.05) is 28.1 Å². The molecule has 0 aliphatic carbocycles. The van der Waals surface area contributed by atoms with E-state index in [0.717, 1.165) is 14.5 Å². The highest BCUT2D eigenvalue weighted by atomic mass is 79.9. The number of hydrogen-bond donors (Lipinski definition) is 2. The molecule has 0 aliphatic rings. The standard InChI is InChI=1S/C14H12Br2N2O/c1-8-3-2-4-10(14(17)18)13(8)19-12-6-5-9(15)7-11(12)16/h2-7H,1H3,(H3,17,18). The third kappa shape index (κ3) is 3.16. The van der Waals surface area contributed by atoms with Crippen molar-refractivity contribution in [2.24, 2.45) is 5.73 Å². The maximum Gasteiger partial charge on any atom is 0.141 e. The molecule has 2 aromatic carbocycles. The summed E-state index contributed by atoms with van der Waals surface area (Å²) in [6.45, 7) is 1.93. The van der Waals surface area contributed by atoms with Gasteiger partial charge in [-0.25, -0.2) is 0 Å². The van der Waals surface area contributed by atoms with Crippen molar-refractivity contribution >= 4 is 37.7 Å². The summed E-state index contributed by atoms with van der Waals surface area (Å²) < 4.78 is 7.69. The number of nitrogen functional groups attached to an aromatic ring is 1. The molecule has 0 atom stereocenters. The summed E-state index contributed by atoms with van der Waals surface area (Å²) >= 11 is 6.85. The Hall–Kier alpha value is -1.33. The van der Waals surface area contributed by atoms with Gasteiger partial charge in [-0.2, -0.15) is 0 Å². The minimum atomic E-state index is -0.00747. The van der Waals surface area contributed by atoms with Crippen LogP contribution in [0.2, 0.25) is 0 Å². The summed E-state index contributed by atoms with van der Waals surface area (Å²) in [6, 6.07) is 11.2. The van der Waals surface area contributed by atoms with Crippen LogP contribution in [0.15, 0.2) is 45.3 Å². The number of para-hydroxylation sites is 1. The molecule has 0 bridgehead atoms. The Kier molecular flexibility index (Phi) is 4.27. The molecular formula is C14H12Br2N2O. The topological polar surface area (TPSA) is 59.1 Å². The van der Waals surface area contributed by atoms with Crippen molar-refractivity contribution < 1.29 is 4.74 Å². The normalized spacial score (nSPS) is 10.3. The Bertz CT molecular complexity index is 641. The van der Waals surface area contributed by atoms with Crippen LogP contribution in [0.1, 0.15) is 11.1 Å². The van der Waals surface area contributed by atoms with Crippen molar-refractivity contribution in [1.82, 2.24) is 0 Å². The molecule has 0 heterocycles. The van der Waals surface area contributed by atoms with E-state index in [2.05, 4.69) is 31.9 Å². The van der Waals surface area contributed by atoms with Crippen molar-refractivity contribution in [2.75, 3.05) is 0 Å². The quantitative estimate of drug-likeness (QED) is 0.601. The van der Waals surface area contributed by atoms with Gasteiger partial charge in [0.2, 0.25) is 0 Å². The molecular weight excluding hydrogens is 372 g/mol. The first-order valence-electron chi connectivity index (χ1n) is 5.56. The molecule has 0 fully saturated rings. The Labute approximate surface area is 128 Å². The number of nitrogens with two attached hydrogens (primary N) is 1. The van der Waals surface area contributed by atoms with E-state index in [0.29, 0.717) is 17.1 Å². The fourth-order valence-corrected chi connectivity index (χ4v) is 2.80. The lowest BCUT2D eigenvalue weighted by molar-refractivity contribution is 0.474. The second kappa shape index (κ2) is 5.75. The Balaban J connectivity index is 2.46. The SMILES string of the molecule is Cc1cccc(C(=N)N)c1Oc1ccc(Br)cc1Br. The highest BCUT2D eigenvalue weighted by Gasteiger charge is 2.12. The van der Waals surface area contributed by atoms with Gasteiger partial charge in [0.1, 0.15) is 17.3 Å². The van der Waals surface area contributed by atoms with Crippen molar-refractivity contribution in [3.05, 3.63) is 56.5 Å². The highest BCUT2D eigenvalue weighted by molar-refractivity contribution is 9.11. The minimum absolute atomic E-state index is 0.00747. The Morgan fingerprint density at radius 3 is 2.58 bits per heavy atom. The minimum Gasteiger partial charge on any atom is -0.455 e. The molecule has 0 aliphatic heterocycles. The molecule has 5 heteroatoms. The van der Waals surface area contributed by atoms with Crippen LogP contribution in [0.25, 0.3) is 0 Å². The van der Waals surface area contributed by atoms with E-state index in [1.807, 2.05) is 37.3 Å². The van der Waals surface area contributed by atoms with Crippen molar-refractivity contribution in [2.45, 2.75) is 6.92 Å². The summed E-state index contributed by atoms with van der Waals surface area (Å²) in [7, 11) is 0. The zero-order chi connectivity index (χ0) is 14.0. The second-order valence-electron chi connectivity index (χ2n) is 4.04. The van der Waals surface area contributed by atoms with Gasteiger partial charge in [0.15, 0.2) is 0 Å². The fourth-order valence-electron chi connectivity index (χ4n) is 1.67. The third-order valence-electron chi connectivity index (χ3n) is 2.61. The fraction of sp³-hybridized carbons (Fsp3) is 0.0714. The highest BCUT2D eigenvalue weighted by Crippen LogP contribution is 2.34.